The Morgan fingerprint density at radius 3 is 2.44 bits per heavy atom. The number of hydrogen-bond donors (Lipinski definition) is 0. The second-order valence-electron chi connectivity index (χ2n) is 7.92. The van der Waals surface area contributed by atoms with Crippen molar-refractivity contribution in [2.75, 3.05) is 14.2 Å². The number of hydrogen-bond acceptors (Lipinski definition) is 7. The highest BCUT2D eigenvalue weighted by atomic mass is 16.6. The fourth-order valence-electron chi connectivity index (χ4n) is 4.18. The molecular formula is C25H26O7. The van der Waals surface area contributed by atoms with Crippen LogP contribution in [-0.2, 0) is 14.3 Å². The number of ketones is 1. The molecule has 1 fully saturated rings. The molecule has 2 aliphatic rings. The van der Waals surface area contributed by atoms with Gasteiger partial charge in [0.1, 0.15) is 41.3 Å². The van der Waals surface area contributed by atoms with Crippen LogP contribution in [0.1, 0.15) is 35.2 Å². The first kappa shape index (κ1) is 21.7. The van der Waals surface area contributed by atoms with E-state index < -0.39 is 5.97 Å². The van der Waals surface area contributed by atoms with Crippen LogP contribution in [0.4, 0.5) is 0 Å². The summed E-state index contributed by atoms with van der Waals surface area (Å²) in [6, 6.07) is 12.6. The van der Waals surface area contributed by atoms with Crippen molar-refractivity contribution in [1.82, 2.24) is 0 Å². The Morgan fingerprint density at radius 2 is 1.75 bits per heavy atom. The number of benzene rings is 2. The summed E-state index contributed by atoms with van der Waals surface area (Å²) >= 11 is 0. The van der Waals surface area contributed by atoms with Crippen LogP contribution in [0.25, 0.3) is 0 Å². The van der Waals surface area contributed by atoms with Crippen molar-refractivity contribution >= 4 is 11.8 Å². The van der Waals surface area contributed by atoms with Crippen molar-refractivity contribution in [2.45, 2.75) is 38.4 Å². The van der Waals surface area contributed by atoms with E-state index in [1.165, 1.54) is 20.5 Å². The van der Waals surface area contributed by atoms with Crippen LogP contribution in [0.15, 0.2) is 54.5 Å². The summed E-state index contributed by atoms with van der Waals surface area (Å²) in [5, 5.41) is 0. The molecule has 0 saturated heterocycles. The number of ether oxygens (including phenoxy) is 5. The quantitative estimate of drug-likeness (QED) is 0.625. The van der Waals surface area contributed by atoms with Crippen molar-refractivity contribution in [1.29, 1.82) is 0 Å². The molecule has 0 bridgehead atoms. The highest BCUT2D eigenvalue weighted by Gasteiger charge is 2.42. The lowest BCUT2D eigenvalue weighted by atomic mass is 9.80. The van der Waals surface area contributed by atoms with Crippen LogP contribution in [0.3, 0.4) is 0 Å². The fraction of sp³-hybridized carbons (Fsp3) is 0.360. The molecule has 2 aromatic rings. The number of carbonyl (C=O) groups is 2. The normalized spacial score (nSPS) is 22.2. The molecule has 0 amide bonds. The zero-order valence-corrected chi connectivity index (χ0v) is 18.3. The summed E-state index contributed by atoms with van der Waals surface area (Å²) in [6.07, 6.45) is 2.15. The summed E-state index contributed by atoms with van der Waals surface area (Å²) in [5.74, 6) is 0.630. The van der Waals surface area contributed by atoms with Crippen molar-refractivity contribution < 1.29 is 33.3 Å². The third-order valence-electron chi connectivity index (χ3n) is 5.80. The first-order valence-electron chi connectivity index (χ1n) is 10.6. The van der Waals surface area contributed by atoms with E-state index in [0.29, 0.717) is 36.5 Å². The van der Waals surface area contributed by atoms with E-state index in [2.05, 4.69) is 0 Å². The Balaban J connectivity index is 1.42. The van der Waals surface area contributed by atoms with Gasteiger partial charge in [0.15, 0.2) is 0 Å². The van der Waals surface area contributed by atoms with Gasteiger partial charge in [0, 0.05) is 6.42 Å². The van der Waals surface area contributed by atoms with Gasteiger partial charge in [-0.25, -0.2) is 4.79 Å². The molecule has 1 heterocycles. The second kappa shape index (κ2) is 9.34. The molecule has 0 aromatic heterocycles. The number of esters is 1. The van der Waals surface area contributed by atoms with E-state index in [1.54, 1.807) is 24.3 Å². The van der Waals surface area contributed by atoms with Gasteiger partial charge in [-0.2, -0.15) is 0 Å². The van der Waals surface area contributed by atoms with E-state index in [1.807, 2.05) is 25.1 Å². The van der Waals surface area contributed by atoms with Gasteiger partial charge in [-0.3, -0.25) is 4.79 Å². The predicted octanol–water partition coefficient (Wildman–Crippen LogP) is 4.23. The lowest BCUT2D eigenvalue weighted by Gasteiger charge is -2.36. The molecule has 2 aromatic carbocycles. The highest BCUT2D eigenvalue weighted by molar-refractivity contribution is 5.97. The topological polar surface area (TPSA) is 80.3 Å². The molecule has 3 atom stereocenters. The third kappa shape index (κ3) is 4.42. The Bertz CT molecular complexity index is 1020. The van der Waals surface area contributed by atoms with E-state index in [9.17, 15) is 9.59 Å². The zero-order chi connectivity index (χ0) is 22.7. The Hall–Kier alpha value is -3.48. The number of rotatable bonds is 6. The lowest BCUT2D eigenvalue weighted by molar-refractivity contribution is -0.132. The maximum absolute atomic E-state index is 13.0. The lowest BCUT2D eigenvalue weighted by Crippen LogP contribution is -2.43. The van der Waals surface area contributed by atoms with E-state index in [0.717, 1.165) is 5.56 Å². The minimum Gasteiger partial charge on any atom is -0.496 e. The van der Waals surface area contributed by atoms with Crippen LogP contribution < -0.4 is 14.2 Å². The highest BCUT2D eigenvalue weighted by Crippen LogP contribution is 2.36. The number of fused-ring (bicyclic) bond motifs is 1. The fourth-order valence-corrected chi connectivity index (χ4v) is 4.18. The van der Waals surface area contributed by atoms with E-state index >= 15 is 0 Å². The van der Waals surface area contributed by atoms with Crippen LogP contribution in [0, 0.1) is 12.8 Å². The summed E-state index contributed by atoms with van der Waals surface area (Å²) in [4.78, 5) is 25.8. The van der Waals surface area contributed by atoms with Crippen LogP contribution in [0.2, 0.25) is 0 Å². The molecule has 7 heteroatoms. The first-order valence-corrected chi connectivity index (χ1v) is 10.6. The van der Waals surface area contributed by atoms with Gasteiger partial charge in [0.05, 0.1) is 20.1 Å². The predicted molar refractivity (Wildman–Crippen MR) is 116 cm³/mol. The second-order valence-corrected chi connectivity index (χ2v) is 7.92. The van der Waals surface area contributed by atoms with Crippen LogP contribution in [-0.4, -0.2) is 38.2 Å². The zero-order valence-electron chi connectivity index (χ0n) is 18.3. The van der Waals surface area contributed by atoms with Gasteiger partial charge >= 0.3 is 5.97 Å². The average Bonchev–Trinajstić information content (AvgIpc) is 2.80. The number of Topliss-reactive ketones (excluding diaryl/α,β-unsaturated/α-hetero) is 1. The Labute approximate surface area is 186 Å². The molecule has 168 valence electrons. The number of methoxy groups -OCH3 is 2. The molecule has 4 rings (SSSR count). The van der Waals surface area contributed by atoms with Crippen molar-refractivity contribution in [3.05, 3.63) is 65.6 Å². The summed E-state index contributed by atoms with van der Waals surface area (Å²) < 4.78 is 27.9. The molecule has 1 aliphatic carbocycles. The Morgan fingerprint density at radius 1 is 1.03 bits per heavy atom. The number of carbonyl (C=O) groups excluding carboxylic acids is 2. The minimum absolute atomic E-state index is 0.0843. The van der Waals surface area contributed by atoms with Crippen molar-refractivity contribution in [3.63, 3.8) is 0 Å². The average molecular weight is 438 g/mol. The van der Waals surface area contributed by atoms with Crippen LogP contribution in [0.5, 0.6) is 17.2 Å². The third-order valence-corrected chi connectivity index (χ3v) is 5.80. The molecule has 0 spiro atoms. The maximum Gasteiger partial charge on any atom is 0.346 e. The largest absolute Gasteiger partial charge is 0.496 e. The maximum atomic E-state index is 13.0. The van der Waals surface area contributed by atoms with E-state index in [-0.39, 0.29) is 35.2 Å². The number of allylic oxidation sites excluding steroid dienone is 1. The van der Waals surface area contributed by atoms with Gasteiger partial charge < -0.3 is 23.7 Å². The SMILES string of the molecule is COc1cccc(OC)c1C(=O)OC1CCC2C(=O)C(Oc3cccc(C)c3)=COC2C1. The van der Waals surface area contributed by atoms with Crippen LogP contribution >= 0.6 is 0 Å². The molecule has 1 saturated carbocycles. The molecule has 3 unspecified atom stereocenters. The minimum atomic E-state index is -0.524. The summed E-state index contributed by atoms with van der Waals surface area (Å²) in [6.45, 7) is 1.96. The molecule has 32 heavy (non-hydrogen) atoms. The Kier molecular flexibility index (Phi) is 6.35. The monoisotopic (exact) mass is 438 g/mol. The molecule has 1 aliphatic heterocycles. The molecule has 0 N–H and O–H groups in total. The smallest absolute Gasteiger partial charge is 0.346 e. The van der Waals surface area contributed by atoms with Crippen molar-refractivity contribution in [2.24, 2.45) is 5.92 Å². The van der Waals surface area contributed by atoms with Gasteiger partial charge in [0.25, 0.3) is 0 Å². The summed E-state index contributed by atoms with van der Waals surface area (Å²) in [5.41, 5.74) is 1.29. The van der Waals surface area contributed by atoms with Gasteiger partial charge in [-0.15, -0.1) is 0 Å². The first-order chi connectivity index (χ1) is 15.5. The van der Waals surface area contributed by atoms with Gasteiger partial charge in [-0.05, 0) is 49.6 Å². The molecule has 7 nitrogen and oxygen atoms in total. The van der Waals surface area contributed by atoms with Crippen molar-refractivity contribution in [3.8, 4) is 17.2 Å². The number of aryl methyl sites for hydroxylation is 1. The molecule has 0 radical (unpaired) electrons. The summed E-state index contributed by atoms with van der Waals surface area (Å²) in [7, 11) is 2.97. The standard InChI is InChI=1S/C25H26O7/c1-15-6-4-7-16(12-15)31-22-14-30-21-13-17(10-11-18(21)24(22)26)32-25(27)23-19(28-2)8-5-9-20(23)29-3/h4-9,12,14,17-18,21H,10-11,13H2,1-3H3. The van der Waals surface area contributed by atoms with Gasteiger partial charge in [0.2, 0.25) is 11.5 Å². The molecular weight excluding hydrogens is 412 g/mol. The van der Waals surface area contributed by atoms with Gasteiger partial charge in [-0.1, -0.05) is 18.2 Å². The van der Waals surface area contributed by atoms with E-state index in [4.69, 9.17) is 23.7 Å².